The van der Waals surface area contributed by atoms with E-state index in [-0.39, 0.29) is 12.4 Å². The van der Waals surface area contributed by atoms with Gasteiger partial charge in [0, 0.05) is 0 Å². The summed E-state index contributed by atoms with van der Waals surface area (Å²) in [5, 5.41) is 8.92. The second kappa shape index (κ2) is 5.49. The lowest BCUT2D eigenvalue weighted by Gasteiger charge is -2.19. The first-order valence-corrected chi connectivity index (χ1v) is 5.93. The molecule has 0 aliphatic heterocycles. The molecule has 1 aromatic rings. The van der Waals surface area contributed by atoms with Crippen LogP contribution in [0.4, 0.5) is 4.39 Å². The predicted octanol–water partition coefficient (Wildman–Crippen LogP) is 3.47. The fraction of sp³-hybridized carbons (Fsp3) is 0.417. The third kappa shape index (κ3) is 4.00. The van der Waals surface area contributed by atoms with E-state index in [0.717, 1.165) is 0 Å². The molecule has 0 aliphatic carbocycles. The first-order chi connectivity index (χ1) is 7.83. The molecule has 0 saturated heterocycles. The lowest BCUT2D eigenvalue weighted by Crippen LogP contribution is -2.25. The molecule has 1 aromatic carbocycles. The molecule has 0 amide bonds. The molecule has 17 heavy (non-hydrogen) atoms. The Balaban J connectivity index is 2.54. The summed E-state index contributed by atoms with van der Waals surface area (Å²) < 4.78 is 18.7. The van der Waals surface area contributed by atoms with E-state index >= 15 is 0 Å². The molecule has 1 N–H and O–H groups in total. The average molecular weight is 305 g/mol. The van der Waals surface area contributed by atoms with Crippen molar-refractivity contribution in [1.82, 2.24) is 0 Å². The lowest BCUT2D eigenvalue weighted by molar-refractivity contribution is -0.147. The van der Waals surface area contributed by atoms with E-state index in [1.807, 2.05) is 0 Å². The van der Waals surface area contributed by atoms with Crippen LogP contribution in [0.1, 0.15) is 20.3 Å². The molecule has 0 saturated carbocycles. The highest BCUT2D eigenvalue weighted by Crippen LogP contribution is 2.27. The maximum atomic E-state index is 12.8. The van der Waals surface area contributed by atoms with Crippen molar-refractivity contribution in [3.05, 3.63) is 28.5 Å². The second-order valence-electron chi connectivity index (χ2n) is 4.36. The van der Waals surface area contributed by atoms with Crippen LogP contribution in [0.25, 0.3) is 0 Å². The maximum Gasteiger partial charge on any atom is 0.309 e. The van der Waals surface area contributed by atoms with Crippen molar-refractivity contribution in [1.29, 1.82) is 0 Å². The zero-order valence-corrected chi connectivity index (χ0v) is 11.3. The van der Waals surface area contributed by atoms with Gasteiger partial charge in [-0.3, -0.25) is 4.79 Å². The van der Waals surface area contributed by atoms with Crippen LogP contribution in [0.3, 0.4) is 0 Å². The van der Waals surface area contributed by atoms with Crippen molar-refractivity contribution >= 4 is 21.9 Å². The Morgan fingerprint density at radius 2 is 2.18 bits per heavy atom. The number of carboxylic acids is 1. The smallest absolute Gasteiger partial charge is 0.309 e. The summed E-state index contributed by atoms with van der Waals surface area (Å²) in [4.78, 5) is 10.9. The van der Waals surface area contributed by atoms with Crippen LogP contribution in [0, 0.1) is 11.2 Å². The molecule has 0 bridgehead atoms. The minimum Gasteiger partial charge on any atom is -0.492 e. The van der Waals surface area contributed by atoms with Gasteiger partial charge < -0.3 is 9.84 Å². The lowest BCUT2D eigenvalue weighted by atomic mass is 9.90. The third-order valence-electron chi connectivity index (χ3n) is 2.46. The molecule has 0 aromatic heterocycles. The van der Waals surface area contributed by atoms with Gasteiger partial charge in [0.25, 0.3) is 0 Å². The Labute approximate surface area is 108 Å². The van der Waals surface area contributed by atoms with E-state index in [1.54, 1.807) is 13.8 Å². The van der Waals surface area contributed by atoms with Crippen LogP contribution in [-0.2, 0) is 4.79 Å². The number of rotatable bonds is 5. The van der Waals surface area contributed by atoms with Crippen molar-refractivity contribution in [3.63, 3.8) is 0 Å². The summed E-state index contributed by atoms with van der Waals surface area (Å²) in [6.07, 6.45) is 0.381. The van der Waals surface area contributed by atoms with Gasteiger partial charge in [-0.1, -0.05) is 0 Å². The Hall–Kier alpha value is -1.10. The largest absolute Gasteiger partial charge is 0.492 e. The molecular formula is C12H14BrFO3. The number of halogens is 2. The molecule has 5 heteroatoms. The van der Waals surface area contributed by atoms with E-state index in [2.05, 4.69) is 15.9 Å². The van der Waals surface area contributed by atoms with Crippen LogP contribution < -0.4 is 4.74 Å². The summed E-state index contributed by atoms with van der Waals surface area (Å²) in [6.45, 7) is 3.54. The van der Waals surface area contributed by atoms with Gasteiger partial charge in [0.2, 0.25) is 0 Å². The summed E-state index contributed by atoms with van der Waals surface area (Å²) >= 11 is 3.18. The highest BCUT2D eigenvalue weighted by atomic mass is 79.9. The summed E-state index contributed by atoms with van der Waals surface area (Å²) in [5.41, 5.74) is -0.827. The minimum absolute atomic E-state index is 0.267. The van der Waals surface area contributed by atoms with Crippen molar-refractivity contribution in [3.8, 4) is 5.75 Å². The maximum absolute atomic E-state index is 12.8. The molecular weight excluding hydrogens is 291 g/mol. The highest BCUT2D eigenvalue weighted by Gasteiger charge is 2.26. The van der Waals surface area contributed by atoms with Gasteiger partial charge in [-0.15, -0.1) is 0 Å². The van der Waals surface area contributed by atoms with Gasteiger partial charge in [-0.25, -0.2) is 4.39 Å². The Bertz CT molecular complexity index is 418. The van der Waals surface area contributed by atoms with Gasteiger partial charge in [0.15, 0.2) is 0 Å². The first-order valence-electron chi connectivity index (χ1n) is 5.14. The molecule has 0 unspecified atom stereocenters. The van der Waals surface area contributed by atoms with Crippen molar-refractivity contribution in [2.75, 3.05) is 6.61 Å². The van der Waals surface area contributed by atoms with Gasteiger partial charge in [0.05, 0.1) is 16.5 Å². The third-order valence-corrected chi connectivity index (χ3v) is 3.08. The fourth-order valence-electron chi connectivity index (χ4n) is 1.12. The van der Waals surface area contributed by atoms with E-state index in [1.165, 1.54) is 18.2 Å². The van der Waals surface area contributed by atoms with Crippen LogP contribution in [-0.4, -0.2) is 17.7 Å². The number of carboxylic acid groups (broad SMARTS) is 1. The summed E-state index contributed by atoms with van der Waals surface area (Å²) in [5.74, 6) is -0.707. The fourth-order valence-corrected chi connectivity index (χ4v) is 1.58. The molecule has 0 heterocycles. The Morgan fingerprint density at radius 3 is 2.71 bits per heavy atom. The molecule has 0 radical (unpaired) electrons. The van der Waals surface area contributed by atoms with Crippen LogP contribution in [0.15, 0.2) is 22.7 Å². The molecule has 0 aliphatic rings. The number of aliphatic carboxylic acids is 1. The Kier molecular flexibility index (Phi) is 4.51. The minimum atomic E-state index is -0.862. The normalized spacial score (nSPS) is 11.3. The zero-order chi connectivity index (χ0) is 13.1. The monoisotopic (exact) mass is 304 g/mol. The highest BCUT2D eigenvalue weighted by molar-refractivity contribution is 9.10. The van der Waals surface area contributed by atoms with Crippen LogP contribution in [0.2, 0.25) is 0 Å². The topological polar surface area (TPSA) is 46.5 Å². The van der Waals surface area contributed by atoms with Gasteiger partial charge >= 0.3 is 5.97 Å². The molecule has 0 fully saturated rings. The number of hydrogen-bond acceptors (Lipinski definition) is 2. The van der Waals surface area contributed by atoms with Crippen LogP contribution in [0.5, 0.6) is 5.75 Å². The molecule has 1 rings (SSSR count). The van der Waals surface area contributed by atoms with Crippen molar-refractivity contribution in [2.24, 2.45) is 5.41 Å². The van der Waals surface area contributed by atoms with E-state index in [9.17, 15) is 9.18 Å². The molecule has 0 spiro atoms. The van der Waals surface area contributed by atoms with Gasteiger partial charge in [0.1, 0.15) is 11.6 Å². The zero-order valence-electron chi connectivity index (χ0n) is 9.67. The van der Waals surface area contributed by atoms with E-state index < -0.39 is 11.4 Å². The van der Waals surface area contributed by atoms with Crippen molar-refractivity contribution < 1.29 is 19.0 Å². The van der Waals surface area contributed by atoms with E-state index in [0.29, 0.717) is 16.6 Å². The number of ether oxygens (including phenoxy) is 1. The predicted molar refractivity (Wildman–Crippen MR) is 65.6 cm³/mol. The Morgan fingerprint density at radius 1 is 1.53 bits per heavy atom. The molecule has 94 valence electrons. The number of carbonyl (C=O) groups is 1. The van der Waals surface area contributed by atoms with Gasteiger partial charge in [-0.2, -0.15) is 0 Å². The number of benzene rings is 1. The standard InChI is InChI=1S/C12H14BrFO3/c1-12(2,11(15)16)5-6-17-10-4-3-8(14)7-9(10)13/h3-4,7H,5-6H2,1-2H3,(H,15,16). The summed E-state index contributed by atoms with van der Waals surface area (Å²) in [6, 6.07) is 4.10. The van der Waals surface area contributed by atoms with E-state index in [4.69, 9.17) is 9.84 Å². The quantitative estimate of drug-likeness (QED) is 0.906. The number of hydrogen-bond donors (Lipinski definition) is 1. The van der Waals surface area contributed by atoms with Crippen molar-refractivity contribution in [2.45, 2.75) is 20.3 Å². The first kappa shape index (κ1) is 14.0. The van der Waals surface area contributed by atoms with Gasteiger partial charge in [-0.05, 0) is 54.4 Å². The second-order valence-corrected chi connectivity index (χ2v) is 5.22. The molecule has 0 atom stereocenters. The summed E-state index contributed by atoms with van der Waals surface area (Å²) in [7, 11) is 0. The molecule has 3 nitrogen and oxygen atoms in total. The van der Waals surface area contributed by atoms with Crippen LogP contribution >= 0.6 is 15.9 Å². The SMILES string of the molecule is CC(C)(CCOc1ccc(F)cc1Br)C(=O)O. The average Bonchev–Trinajstić information content (AvgIpc) is 2.21.